The van der Waals surface area contributed by atoms with Crippen molar-refractivity contribution in [1.82, 2.24) is 14.9 Å². The Labute approximate surface area is 144 Å². The minimum Gasteiger partial charge on any atom is -0.367 e. The van der Waals surface area contributed by atoms with Gasteiger partial charge in [0.15, 0.2) is 5.82 Å². The summed E-state index contributed by atoms with van der Waals surface area (Å²) in [5.74, 6) is 1.30. The number of aromatic nitrogens is 2. The molecule has 2 unspecified atom stereocenters. The highest BCUT2D eigenvalue weighted by molar-refractivity contribution is 14.1. The Balaban J connectivity index is 1.83. The topological polar surface area (TPSA) is 38.2 Å². The van der Waals surface area contributed by atoms with E-state index < -0.39 is 0 Å². The molecule has 0 amide bonds. The quantitative estimate of drug-likeness (QED) is 0.553. The molecule has 3 rings (SSSR count). The molecule has 4 nitrogen and oxygen atoms in total. The van der Waals surface area contributed by atoms with Crippen LogP contribution in [0, 0.1) is 9.49 Å². The highest BCUT2D eigenvalue weighted by Gasteiger charge is 2.34. The molecule has 0 bridgehead atoms. The summed E-state index contributed by atoms with van der Waals surface area (Å²) in [6.45, 7) is 7.23. The van der Waals surface area contributed by atoms with Crippen molar-refractivity contribution >= 4 is 34.2 Å². The fraction of sp³-hybridized carbons (Fsp3) is 0.733. The number of fused-ring (bicyclic) bond motifs is 1. The first-order valence-corrected chi connectivity index (χ1v) is 9.07. The summed E-state index contributed by atoms with van der Waals surface area (Å²) in [4.78, 5) is 11.7. The molecule has 2 saturated heterocycles. The maximum atomic E-state index is 6.31. The molecule has 116 valence electrons. The van der Waals surface area contributed by atoms with Crippen molar-refractivity contribution < 1.29 is 4.74 Å². The maximum Gasteiger partial charge on any atom is 0.160 e. The Morgan fingerprint density at radius 2 is 2.24 bits per heavy atom. The number of hydrogen-bond acceptors (Lipinski definition) is 4. The van der Waals surface area contributed by atoms with Crippen LogP contribution in [0.5, 0.6) is 0 Å². The molecule has 21 heavy (non-hydrogen) atoms. The van der Waals surface area contributed by atoms with Crippen molar-refractivity contribution in [3.8, 4) is 0 Å². The summed E-state index contributed by atoms with van der Waals surface area (Å²) in [6, 6.07) is 0.593. The Hall–Kier alpha value is 0.0200. The van der Waals surface area contributed by atoms with Gasteiger partial charge in [-0.1, -0.05) is 25.4 Å². The van der Waals surface area contributed by atoms with E-state index in [9.17, 15) is 0 Å². The zero-order chi connectivity index (χ0) is 15.0. The lowest BCUT2D eigenvalue weighted by Crippen LogP contribution is -2.43. The molecular formula is C15H21ClIN3O. The molecule has 2 atom stereocenters. The van der Waals surface area contributed by atoms with Gasteiger partial charge < -0.3 is 4.74 Å². The van der Waals surface area contributed by atoms with E-state index in [-0.39, 0.29) is 6.10 Å². The highest BCUT2D eigenvalue weighted by Crippen LogP contribution is 2.30. The standard InChI is InChI=1S/C15H21ClIN3O/c1-9(2)6-11-13(17)14(16)19-15(18-11)12-7-20-5-3-4-10(20)8-21-12/h9-10,12H,3-8H2,1-2H3. The molecule has 1 aromatic heterocycles. The molecule has 0 spiro atoms. The zero-order valence-corrected chi connectivity index (χ0v) is 15.4. The molecule has 2 fully saturated rings. The van der Waals surface area contributed by atoms with Crippen LogP contribution < -0.4 is 0 Å². The lowest BCUT2D eigenvalue weighted by atomic mass is 10.1. The minimum absolute atomic E-state index is 0.0419. The molecule has 2 aliphatic rings. The predicted octanol–water partition coefficient (Wildman–Crippen LogP) is 3.47. The monoisotopic (exact) mass is 421 g/mol. The van der Waals surface area contributed by atoms with Gasteiger partial charge in [-0.25, -0.2) is 9.97 Å². The molecule has 0 radical (unpaired) electrons. The number of nitrogens with zero attached hydrogens (tertiary/aromatic N) is 3. The summed E-state index contributed by atoms with van der Waals surface area (Å²) in [5.41, 5.74) is 1.05. The van der Waals surface area contributed by atoms with E-state index >= 15 is 0 Å². The number of rotatable bonds is 3. The van der Waals surface area contributed by atoms with Gasteiger partial charge in [-0.15, -0.1) is 0 Å². The molecule has 6 heteroatoms. The van der Waals surface area contributed by atoms with Crippen LogP contribution in [-0.2, 0) is 11.2 Å². The number of halogens is 2. The van der Waals surface area contributed by atoms with E-state index in [4.69, 9.17) is 21.3 Å². The third kappa shape index (κ3) is 3.51. The van der Waals surface area contributed by atoms with Gasteiger partial charge >= 0.3 is 0 Å². The Morgan fingerprint density at radius 1 is 1.43 bits per heavy atom. The fourth-order valence-electron chi connectivity index (χ4n) is 3.12. The van der Waals surface area contributed by atoms with Crippen LogP contribution in [0.1, 0.15) is 44.3 Å². The minimum atomic E-state index is -0.0419. The largest absolute Gasteiger partial charge is 0.367 e. The van der Waals surface area contributed by atoms with Crippen molar-refractivity contribution in [2.24, 2.45) is 5.92 Å². The van der Waals surface area contributed by atoms with E-state index in [0.29, 0.717) is 17.1 Å². The number of ether oxygens (including phenoxy) is 1. The molecule has 0 aliphatic carbocycles. The van der Waals surface area contributed by atoms with E-state index in [1.165, 1.54) is 19.4 Å². The van der Waals surface area contributed by atoms with Gasteiger partial charge in [-0.05, 0) is 54.3 Å². The first-order chi connectivity index (χ1) is 10.0. The van der Waals surface area contributed by atoms with Crippen LogP contribution in [0.15, 0.2) is 0 Å². The van der Waals surface area contributed by atoms with Gasteiger partial charge in [0.25, 0.3) is 0 Å². The smallest absolute Gasteiger partial charge is 0.160 e. The lowest BCUT2D eigenvalue weighted by Gasteiger charge is -2.34. The van der Waals surface area contributed by atoms with Gasteiger partial charge in [0.05, 0.1) is 15.9 Å². The third-order valence-corrected chi connectivity index (χ3v) is 5.90. The number of hydrogen-bond donors (Lipinski definition) is 0. The zero-order valence-electron chi connectivity index (χ0n) is 12.5. The van der Waals surface area contributed by atoms with Crippen molar-refractivity contribution in [3.05, 3.63) is 20.2 Å². The summed E-state index contributed by atoms with van der Waals surface area (Å²) < 4.78 is 6.98. The normalized spacial score (nSPS) is 26.3. The van der Waals surface area contributed by atoms with E-state index in [1.54, 1.807) is 0 Å². The Bertz CT molecular complexity index is 526. The second-order valence-electron chi connectivity index (χ2n) is 6.34. The molecule has 3 heterocycles. The number of morpholine rings is 1. The summed E-state index contributed by atoms with van der Waals surface area (Å²) in [6.07, 6.45) is 3.40. The van der Waals surface area contributed by atoms with Gasteiger partial charge in [0.1, 0.15) is 11.3 Å². The second-order valence-corrected chi connectivity index (χ2v) is 7.78. The fourth-order valence-corrected chi connectivity index (χ4v) is 3.78. The molecule has 0 saturated carbocycles. The molecule has 1 aromatic rings. The van der Waals surface area contributed by atoms with Gasteiger partial charge in [0, 0.05) is 12.6 Å². The molecule has 0 aromatic carbocycles. The molecule has 0 N–H and O–H groups in total. The van der Waals surface area contributed by atoms with E-state index in [2.05, 4.69) is 46.3 Å². The van der Waals surface area contributed by atoms with E-state index in [0.717, 1.165) is 34.7 Å². The average molecular weight is 422 g/mol. The van der Waals surface area contributed by atoms with Crippen LogP contribution >= 0.6 is 34.2 Å². The van der Waals surface area contributed by atoms with Gasteiger partial charge in [-0.3, -0.25) is 4.90 Å². The summed E-state index contributed by atoms with van der Waals surface area (Å²) >= 11 is 8.55. The SMILES string of the molecule is CC(C)Cc1nc(C2CN3CCCC3CO2)nc(Cl)c1I. The highest BCUT2D eigenvalue weighted by atomic mass is 127. The van der Waals surface area contributed by atoms with Crippen molar-refractivity contribution in [3.63, 3.8) is 0 Å². The van der Waals surface area contributed by atoms with Crippen molar-refractivity contribution in [1.29, 1.82) is 0 Å². The predicted molar refractivity (Wildman–Crippen MR) is 91.6 cm³/mol. The lowest BCUT2D eigenvalue weighted by molar-refractivity contribution is -0.0542. The summed E-state index contributed by atoms with van der Waals surface area (Å²) in [7, 11) is 0. The van der Waals surface area contributed by atoms with Crippen LogP contribution in [0.3, 0.4) is 0 Å². The first-order valence-electron chi connectivity index (χ1n) is 7.62. The third-order valence-electron chi connectivity index (χ3n) is 4.18. The molecule has 2 aliphatic heterocycles. The molecular weight excluding hydrogens is 401 g/mol. The Morgan fingerprint density at radius 3 is 3.00 bits per heavy atom. The van der Waals surface area contributed by atoms with Crippen LogP contribution in [0.4, 0.5) is 0 Å². The van der Waals surface area contributed by atoms with Crippen LogP contribution in [0.2, 0.25) is 5.15 Å². The van der Waals surface area contributed by atoms with Crippen molar-refractivity contribution in [2.45, 2.75) is 45.3 Å². The van der Waals surface area contributed by atoms with Crippen molar-refractivity contribution in [2.75, 3.05) is 19.7 Å². The first kappa shape index (κ1) is 15.9. The average Bonchev–Trinajstić information content (AvgIpc) is 2.90. The maximum absolute atomic E-state index is 6.31. The van der Waals surface area contributed by atoms with Crippen LogP contribution in [0.25, 0.3) is 0 Å². The second kappa shape index (κ2) is 6.64. The van der Waals surface area contributed by atoms with Gasteiger partial charge in [-0.2, -0.15) is 0 Å². The van der Waals surface area contributed by atoms with Gasteiger partial charge in [0.2, 0.25) is 0 Å². The Kier molecular flexibility index (Phi) is 5.03. The van der Waals surface area contributed by atoms with E-state index in [1.807, 2.05) is 0 Å². The summed E-state index contributed by atoms with van der Waals surface area (Å²) in [5, 5.41) is 0.559. The van der Waals surface area contributed by atoms with Crippen LogP contribution in [-0.4, -0.2) is 40.6 Å².